The van der Waals surface area contributed by atoms with Crippen LogP contribution in [0.5, 0.6) is 23.0 Å². The van der Waals surface area contributed by atoms with Crippen LogP contribution in [0.4, 0.5) is 11.4 Å². The van der Waals surface area contributed by atoms with E-state index in [-0.39, 0.29) is 54.2 Å². The molecule has 0 unspecified atom stereocenters. The number of rotatable bonds is 10. The van der Waals surface area contributed by atoms with Gasteiger partial charge in [0, 0.05) is 28.3 Å². The van der Waals surface area contributed by atoms with Crippen LogP contribution in [0, 0.1) is 10.8 Å². The van der Waals surface area contributed by atoms with E-state index in [0.717, 1.165) is 11.1 Å². The molecule has 256 valence electrons. The summed E-state index contributed by atoms with van der Waals surface area (Å²) in [6.07, 6.45) is 1.29. The Hall–Kier alpha value is -6.22. The fraction of sp³-hybridized carbons (Fsp3) is 0.135. The van der Waals surface area contributed by atoms with Gasteiger partial charge < -0.3 is 18.6 Å². The fourth-order valence-electron chi connectivity index (χ4n) is 6.41. The van der Waals surface area contributed by atoms with Crippen molar-refractivity contribution in [1.82, 2.24) is 0 Å². The second-order valence-corrected chi connectivity index (χ2v) is 14.7. The van der Waals surface area contributed by atoms with Crippen LogP contribution in [0.2, 0.25) is 0 Å². The number of diazo groups is 2. The van der Waals surface area contributed by atoms with Gasteiger partial charge in [-0.05, 0) is 94.8 Å². The van der Waals surface area contributed by atoms with Crippen molar-refractivity contribution in [3.63, 3.8) is 0 Å². The highest BCUT2D eigenvalue weighted by Gasteiger charge is 2.31. The van der Waals surface area contributed by atoms with Crippen molar-refractivity contribution >= 4 is 53.2 Å². The normalized spacial score (nSPS) is 11.9. The summed E-state index contributed by atoms with van der Waals surface area (Å²) in [4.78, 5) is 5.47. The molecule has 0 aliphatic carbocycles. The summed E-state index contributed by atoms with van der Waals surface area (Å²) in [6, 6.07) is 26.8. The van der Waals surface area contributed by atoms with E-state index in [0.29, 0.717) is 12.8 Å². The van der Waals surface area contributed by atoms with Gasteiger partial charge in [-0.3, -0.25) is 0 Å². The van der Waals surface area contributed by atoms with Crippen molar-refractivity contribution in [1.29, 1.82) is 10.8 Å². The average molecular weight is 721 g/mol. The van der Waals surface area contributed by atoms with E-state index in [2.05, 4.69) is 9.95 Å². The molecule has 0 bridgehead atoms. The summed E-state index contributed by atoms with van der Waals surface area (Å²) in [5.74, 6) is -1.14. The predicted octanol–water partition coefficient (Wildman–Crippen LogP) is 7.75. The Bertz CT molecular complexity index is 2450. The van der Waals surface area contributed by atoms with Gasteiger partial charge in [0.05, 0.1) is 0 Å². The van der Waals surface area contributed by atoms with Crippen molar-refractivity contribution in [2.24, 2.45) is 0 Å². The molecule has 12 nitrogen and oxygen atoms in total. The van der Waals surface area contributed by atoms with Gasteiger partial charge in [-0.25, -0.2) is 0 Å². The lowest BCUT2D eigenvalue weighted by Crippen LogP contribution is -2.26. The molecule has 0 aliphatic rings. The molecule has 0 saturated carbocycles. The number of fused-ring (bicyclic) bond motifs is 2. The zero-order valence-corrected chi connectivity index (χ0v) is 28.8. The lowest BCUT2D eigenvalue weighted by molar-refractivity contribution is -0.265. The number of nitrogens with zero attached hydrogens (tertiary/aromatic N) is 4. The van der Waals surface area contributed by atoms with Crippen molar-refractivity contribution in [2.45, 2.75) is 41.9 Å². The van der Waals surface area contributed by atoms with Gasteiger partial charge in [0.15, 0.2) is 9.95 Å². The number of benzene rings is 6. The highest BCUT2D eigenvalue weighted by atomic mass is 32.2. The first-order valence-electron chi connectivity index (χ1n) is 15.6. The topological polar surface area (TPSA) is 189 Å². The first-order chi connectivity index (χ1) is 24.4. The summed E-state index contributed by atoms with van der Waals surface area (Å²) in [6.45, 7) is 4.02. The molecule has 0 aliphatic heterocycles. The maximum absolute atomic E-state index is 13.3. The van der Waals surface area contributed by atoms with Gasteiger partial charge in [0.2, 0.25) is 10.8 Å². The van der Waals surface area contributed by atoms with Crippen LogP contribution in [0.3, 0.4) is 0 Å². The van der Waals surface area contributed by atoms with Gasteiger partial charge in [0.25, 0.3) is 0 Å². The number of hydrogen-bond donors (Lipinski definition) is 0. The number of hydrogen-bond acceptors (Lipinski definition) is 10. The second-order valence-electron chi connectivity index (χ2n) is 11.6. The third-order valence-corrected chi connectivity index (χ3v) is 11.7. The summed E-state index contributed by atoms with van der Waals surface area (Å²) in [7, 11) is -8.74. The maximum atomic E-state index is 13.3. The molecule has 0 heterocycles. The Morgan fingerprint density at radius 3 is 1.25 bits per heavy atom. The molecule has 0 radical (unpaired) electrons. The zero-order valence-electron chi connectivity index (χ0n) is 27.2. The molecule has 0 N–H and O–H groups in total. The zero-order chi connectivity index (χ0) is 36.6. The van der Waals surface area contributed by atoms with E-state index in [9.17, 15) is 27.0 Å². The van der Waals surface area contributed by atoms with Crippen LogP contribution < -0.4 is 18.6 Å². The van der Waals surface area contributed by atoms with E-state index < -0.39 is 37.2 Å². The summed E-state index contributed by atoms with van der Waals surface area (Å²) in [5, 5.41) is 43.7. The van der Waals surface area contributed by atoms with Crippen LogP contribution in [0.1, 0.15) is 37.8 Å². The Balaban J connectivity index is 1.25. The quantitative estimate of drug-likeness (QED) is 0.0999. The lowest BCUT2D eigenvalue weighted by atomic mass is 9.70. The maximum Gasteiger partial charge on any atom is 0.378 e. The minimum absolute atomic E-state index is 0.0506. The van der Waals surface area contributed by atoms with Gasteiger partial charge in [-0.1, -0.05) is 62.4 Å². The Morgan fingerprint density at radius 1 is 0.549 bits per heavy atom. The highest BCUT2D eigenvalue weighted by Crippen LogP contribution is 2.41. The van der Waals surface area contributed by atoms with Gasteiger partial charge in [-0.15, -0.1) is 0 Å². The molecule has 6 aromatic rings. The minimum atomic E-state index is -4.37. The van der Waals surface area contributed by atoms with E-state index in [4.69, 9.17) is 19.2 Å². The molecule has 0 atom stereocenters. The molecule has 14 heteroatoms. The molecule has 0 spiro atoms. The summed E-state index contributed by atoms with van der Waals surface area (Å²) < 4.78 is 64.3. The van der Waals surface area contributed by atoms with Gasteiger partial charge in [0.1, 0.15) is 21.3 Å². The standard InChI is InChI=1S/C37H28N4O8S2/c1-3-37(4-2,23-11-15-25(16-12-23)48-50(44,45)33-9-5-7-29-27(33)19-21-31(40-38)35(29)42)24-13-17-26(18-14-24)49-51(46,47)34-10-6-8-30-28(34)20-22-32(41-39)36(30)43/h5-22H,3-4H2,1-2H3. The van der Waals surface area contributed by atoms with Crippen molar-refractivity contribution in [3.8, 4) is 23.0 Å². The van der Waals surface area contributed by atoms with Gasteiger partial charge >= 0.3 is 31.6 Å². The molecule has 0 saturated heterocycles. The van der Waals surface area contributed by atoms with E-state index >= 15 is 0 Å². The fourth-order valence-corrected chi connectivity index (χ4v) is 8.70. The van der Waals surface area contributed by atoms with Crippen LogP contribution in [-0.2, 0) is 25.7 Å². The molecular formula is C37H28N4O8S2. The van der Waals surface area contributed by atoms with E-state index in [1.165, 1.54) is 60.7 Å². The predicted molar refractivity (Wildman–Crippen MR) is 186 cm³/mol. The monoisotopic (exact) mass is 720 g/mol. The van der Waals surface area contributed by atoms with Crippen molar-refractivity contribution < 1.29 is 35.4 Å². The Morgan fingerprint density at radius 2 is 0.922 bits per heavy atom. The molecule has 0 aromatic heterocycles. The van der Waals surface area contributed by atoms with Crippen LogP contribution in [0.25, 0.3) is 31.5 Å². The molecular weight excluding hydrogens is 693 g/mol. The SMILES string of the molecule is CCC(CC)(c1ccc(OS(=O)(=O)c2cccc3c([O-])c([N+]#N)ccc23)cc1)c1ccc(OS(=O)(=O)c2cccc3c([O-])c([N+]#N)ccc23)cc1. The second kappa shape index (κ2) is 13.2. The summed E-state index contributed by atoms with van der Waals surface area (Å²) >= 11 is 0. The minimum Gasteiger partial charge on any atom is -0.867 e. The molecule has 6 rings (SSSR count). The average Bonchev–Trinajstić information content (AvgIpc) is 3.13. The first kappa shape index (κ1) is 34.6. The molecule has 0 fully saturated rings. The summed E-state index contributed by atoms with van der Waals surface area (Å²) in [5.41, 5.74) is 0.747. The molecule has 6 aromatic carbocycles. The third-order valence-electron chi connectivity index (χ3n) is 9.09. The third kappa shape index (κ3) is 6.12. The van der Waals surface area contributed by atoms with Crippen LogP contribution >= 0.6 is 0 Å². The van der Waals surface area contributed by atoms with Crippen molar-refractivity contribution in [3.05, 3.63) is 130 Å². The largest absolute Gasteiger partial charge is 0.867 e. The molecule has 51 heavy (non-hydrogen) atoms. The lowest BCUT2D eigenvalue weighted by Gasteiger charge is -2.33. The smallest absolute Gasteiger partial charge is 0.378 e. The van der Waals surface area contributed by atoms with Crippen molar-refractivity contribution in [2.75, 3.05) is 0 Å². The highest BCUT2D eigenvalue weighted by molar-refractivity contribution is 7.87. The van der Waals surface area contributed by atoms with E-state index in [1.807, 2.05) is 13.8 Å². The van der Waals surface area contributed by atoms with E-state index in [1.54, 1.807) is 48.5 Å². The Kier molecular flexibility index (Phi) is 8.99. The molecule has 0 amide bonds. The van der Waals surface area contributed by atoms with Crippen LogP contribution in [-0.4, -0.2) is 16.8 Å². The van der Waals surface area contributed by atoms with Gasteiger partial charge in [-0.2, -0.15) is 16.8 Å². The Labute approximate surface area is 293 Å². The van der Waals surface area contributed by atoms with Crippen LogP contribution in [0.15, 0.2) is 119 Å². The first-order valence-corrected chi connectivity index (χ1v) is 18.5.